The molecule has 2 N–H and O–H groups in total. The van der Waals surface area contributed by atoms with Crippen LogP contribution in [-0.4, -0.2) is 41.7 Å². The van der Waals surface area contributed by atoms with Gasteiger partial charge in [0.05, 0.1) is 6.10 Å². The molecule has 1 atom stereocenters. The lowest BCUT2D eigenvalue weighted by Crippen LogP contribution is -2.36. The minimum atomic E-state index is -0.471. The van der Waals surface area contributed by atoms with Gasteiger partial charge < -0.3 is 10.4 Å². The van der Waals surface area contributed by atoms with Crippen LogP contribution in [0, 0.1) is 5.92 Å². The van der Waals surface area contributed by atoms with Gasteiger partial charge in [-0.25, -0.2) is 0 Å². The second-order valence-corrected chi connectivity index (χ2v) is 6.54. The molecule has 4 nitrogen and oxygen atoms in total. The Balaban J connectivity index is 1.88. The fourth-order valence-corrected chi connectivity index (χ4v) is 3.31. The van der Waals surface area contributed by atoms with E-state index in [9.17, 15) is 9.90 Å². The van der Waals surface area contributed by atoms with Crippen molar-refractivity contribution in [1.82, 2.24) is 10.2 Å². The minimum absolute atomic E-state index is 0.0988. The van der Waals surface area contributed by atoms with Gasteiger partial charge in [0.15, 0.2) is 0 Å². The predicted molar refractivity (Wildman–Crippen MR) is 93.4 cm³/mol. The lowest BCUT2D eigenvalue weighted by atomic mass is 9.96. The van der Waals surface area contributed by atoms with E-state index >= 15 is 0 Å². The molecule has 4 heteroatoms. The lowest BCUT2D eigenvalue weighted by molar-refractivity contribution is 0.0816. The fourth-order valence-electron chi connectivity index (χ4n) is 3.31. The van der Waals surface area contributed by atoms with Crippen molar-refractivity contribution in [3.63, 3.8) is 0 Å². The van der Waals surface area contributed by atoms with Crippen molar-refractivity contribution in [2.75, 3.05) is 19.6 Å². The molecule has 23 heavy (non-hydrogen) atoms. The van der Waals surface area contributed by atoms with Gasteiger partial charge in [-0.15, -0.1) is 0 Å². The number of hydrogen-bond acceptors (Lipinski definition) is 3. The van der Waals surface area contributed by atoms with Crippen LogP contribution in [-0.2, 0) is 6.54 Å². The number of rotatable bonds is 8. The van der Waals surface area contributed by atoms with Gasteiger partial charge in [-0.1, -0.05) is 38.8 Å². The molecule has 1 aromatic rings. The quantitative estimate of drug-likeness (QED) is 0.775. The summed E-state index contributed by atoms with van der Waals surface area (Å²) in [6.45, 7) is 7.68. The monoisotopic (exact) mass is 318 g/mol. The van der Waals surface area contributed by atoms with E-state index in [1.807, 2.05) is 18.2 Å². The maximum absolute atomic E-state index is 12.3. The second-order valence-electron chi connectivity index (χ2n) is 6.54. The molecule has 1 amide bonds. The first-order valence-corrected chi connectivity index (χ1v) is 8.91. The number of hydrogen-bond donors (Lipinski definition) is 2. The van der Waals surface area contributed by atoms with Gasteiger partial charge in [-0.05, 0) is 49.5 Å². The van der Waals surface area contributed by atoms with Gasteiger partial charge in [0.1, 0.15) is 0 Å². The highest BCUT2D eigenvalue weighted by atomic mass is 16.3. The van der Waals surface area contributed by atoms with E-state index in [0.717, 1.165) is 32.5 Å². The third kappa shape index (κ3) is 5.33. The van der Waals surface area contributed by atoms with Crippen molar-refractivity contribution in [2.24, 2.45) is 5.92 Å². The highest BCUT2D eigenvalue weighted by molar-refractivity contribution is 5.94. The van der Waals surface area contributed by atoms with Gasteiger partial charge >= 0.3 is 0 Å². The van der Waals surface area contributed by atoms with Crippen LogP contribution >= 0.6 is 0 Å². The normalized spacial score (nSPS) is 16.7. The second kappa shape index (κ2) is 9.04. The molecule has 1 aliphatic rings. The van der Waals surface area contributed by atoms with E-state index in [-0.39, 0.29) is 11.8 Å². The summed E-state index contributed by atoms with van der Waals surface area (Å²) in [5.41, 5.74) is 1.86. The molecule has 1 unspecified atom stereocenters. The molecule has 0 bridgehead atoms. The summed E-state index contributed by atoms with van der Waals surface area (Å²) in [5.74, 6) is 0.148. The molecule has 1 aromatic carbocycles. The average Bonchev–Trinajstić information content (AvgIpc) is 3.07. The largest absolute Gasteiger partial charge is 0.391 e. The number of nitrogens with zero attached hydrogens (tertiary/aromatic N) is 1. The van der Waals surface area contributed by atoms with Crippen molar-refractivity contribution in [1.29, 1.82) is 0 Å². The first-order chi connectivity index (χ1) is 11.1. The van der Waals surface area contributed by atoms with E-state index in [1.165, 1.54) is 18.4 Å². The van der Waals surface area contributed by atoms with Crippen LogP contribution in [0.25, 0.3) is 0 Å². The van der Waals surface area contributed by atoms with E-state index < -0.39 is 6.10 Å². The zero-order valence-corrected chi connectivity index (χ0v) is 14.4. The van der Waals surface area contributed by atoms with Crippen molar-refractivity contribution < 1.29 is 9.90 Å². The summed E-state index contributed by atoms with van der Waals surface area (Å²) in [6, 6.07) is 7.83. The van der Waals surface area contributed by atoms with Gasteiger partial charge in [-0.3, -0.25) is 9.69 Å². The van der Waals surface area contributed by atoms with Crippen LogP contribution in [0.4, 0.5) is 0 Å². The van der Waals surface area contributed by atoms with Crippen LogP contribution < -0.4 is 5.32 Å². The topological polar surface area (TPSA) is 52.6 Å². The van der Waals surface area contributed by atoms with Crippen LogP contribution in [0.3, 0.4) is 0 Å². The average molecular weight is 318 g/mol. The molecule has 128 valence electrons. The Labute approximate surface area is 139 Å². The van der Waals surface area contributed by atoms with Gasteiger partial charge in [0, 0.05) is 18.7 Å². The van der Waals surface area contributed by atoms with Gasteiger partial charge in [0.25, 0.3) is 5.91 Å². The first-order valence-electron chi connectivity index (χ1n) is 8.91. The summed E-state index contributed by atoms with van der Waals surface area (Å²) < 4.78 is 0. The number of nitrogens with one attached hydrogen (secondary N) is 1. The Bertz CT molecular complexity index is 494. The number of benzene rings is 1. The molecular weight excluding hydrogens is 288 g/mol. The molecule has 0 radical (unpaired) electrons. The summed E-state index contributed by atoms with van der Waals surface area (Å²) >= 11 is 0. The molecule has 0 spiro atoms. The number of carbonyl (C=O) groups excluding carboxylic acids is 1. The Morgan fingerprint density at radius 3 is 2.61 bits per heavy atom. The number of carbonyl (C=O) groups is 1. The van der Waals surface area contributed by atoms with Crippen LogP contribution in [0.2, 0.25) is 0 Å². The summed E-state index contributed by atoms with van der Waals surface area (Å²) in [6.07, 6.45) is 3.93. The molecule has 2 rings (SSSR count). The van der Waals surface area contributed by atoms with E-state index in [1.54, 1.807) is 0 Å². The Morgan fingerprint density at radius 1 is 1.26 bits per heavy atom. The van der Waals surface area contributed by atoms with Crippen molar-refractivity contribution >= 4 is 5.91 Å². The maximum atomic E-state index is 12.3. The molecule has 1 fully saturated rings. The SMILES string of the molecule is CCC(CC)C(O)CNC(=O)c1cccc(CN2CCCC2)c1. The highest BCUT2D eigenvalue weighted by Gasteiger charge is 2.17. The van der Waals surface area contributed by atoms with E-state index in [4.69, 9.17) is 0 Å². The van der Waals surface area contributed by atoms with E-state index in [0.29, 0.717) is 12.1 Å². The Hall–Kier alpha value is -1.39. The van der Waals surface area contributed by atoms with Crippen molar-refractivity contribution in [2.45, 2.75) is 52.2 Å². The predicted octanol–water partition coefficient (Wildman–Crippen LogP) is 2.81. The minimum Gasteiger partial charge on any atom is -0.391 e. The number of likely N-dealkylation sites (tertiary alicyclic amines) is 1. The highest BCUT2D eigenvalue weighted by Crippen LogP contribution is 2.15. The standard InChI is InChI=1S/C19H30N2O2/c1-3-16(4-2)18(22)13-20-19(23)17-9-7-8-15(12-17)14-21-10-5-6-11-21/h7-9,12,16,18,22H,3-6,10-11,13-14H2,1-2H3,(H,20,23). The van der Waals surface area contributed by atoms with Crippen molar-refractivity contribution in [3.05, 3.63) is 35.4 Å². The Morgan fingerprint density at radius 2 is 1.96 bits per heavy atom. The molecule has 0 saturated carbocycles. The summed E-state index contributed by atoms with van der Waals surface area (Å²) in [4.78, 5) is 14.7. The molecule has 1 heterocycles. The third-order valence-corrected chi connectivity index (χ3v) is 4.86. The first kappa shape index (κ1) is 18.0. The zero-order valence-electron chi connectivity index (χ0n) is 14.4. The van der Waals surface area contributed by atoms with Crippen LogP contribution in [0.5, 0.6) is 0 Å². The summed E-state index contributed by atoms with van der Waals surface area (Å²) in [5, 5.41) is 13.0. The Kier molecular flexibility index (Phi) is 7.06. The van der Waals surface area contributed by atoms with Gasteiger partial charge in [0.2, 0.25) is 0 Å². The zero-order chi connectivity index (χ0) is 16.7. The number of aliphatic hydroxyl groups is 1. The van der Waals surface area contributed by atoms with E-state index in [2.05, 4.69) is 30.1 Å². The van der Waals surface area contributed by atoms with Gasteiger partial charge in [-0.2, -0.15) is 0 Å². The molecule has 1 aliphatic heterocycles. The van der Waals surface area contributed by atoms with Crippen LogP contribution in [0.1, 0.15) is 55.5 Å². The molecule has 1 saturated heterocycles. The lowest BCUT2D eigenvalue weighted by Gasteiger charge is -2.20. The smallest absolute Gasteiger partial charge is 0.251 e. The van der Waals surface area contributed by atoms with Crippen molar-refractivity contribution in [3.8, 4) is 0 Å². The number of amides is 1. The number of aliphatic hydroxyl groups excluding tert-OH is 1. The van der Waals surface area contributed by atoms with Crippen LogP contribution in [0.15, 0.2) is 24.3 Å². The molecular formula is C19H30N2O2. The summed E-state index contributed by atoms with van der Waals surface area (Å²) in [7, 11) is 0. The fraction of sp³-hybridized carbons (Fsp3) is 0.632. The molecule has 0 aliphatic carbocycles. The maximum Gasteiger partial charge on any atom is 0.251 e. The molecule has 0 aromatic heterocycles. The third-order valence-electron chi connectivity index (χ3n) is 4.86.